The molecule has 1 aliphatic carbocycles. The van der Waals surface area contributed by atoms with Crippen LogP contribution in [0.3, 0.4) is 0 Å². The van der Waals surface area contributed by atoms with E-state index >= 15 is 0 Å². The fourth-order valence-electron chi connectivity index (χ4n) is 3.95. The van der Waals surface area contributed by atoms with Gasteiger partial charge in [-0.1, -0.05) is 48.5 Å². The van der Waals surface area contributed by atoms with Crippen molar-refractivity contribution in [1.29, 1.82) is 0 Å². The zero-order valence-electron chi connectivity index (χ0n) is 11.6. The third kappa shape index (κ3) is 1.43. The highest BCUT2D eigenvalue weighted by atomic mass is 16.1. The summed E-state index contributed by atoms with van der Waals surface area (Å²) in [6.45, 7) is 0. The third-order valence-corrected chi connectivity index (χ3v) is 4.89. The minimum atomic E-state index is 0.371. The molecule has 0 atom stereocenters. The van der Waals surface area contributed by atoms with Crippen molar-refractivity contribution in [3.05, 3.63) is 59.7 Å². The number of ketones is 1. The summed E-state index contributed by atoms with van der Waals surface area (Å²) in [4.78, 5) is 11.8. The molecule has 1 nitrogen and oxygen atoms in total. The van der Waals surface area contributed by atoms with E-state index in [2.05, 4.69) is 48.5 Å². The van der Waals surface area contributed by atoms with Gasteiger partial charge in [0.25, 0.3) is 0 Å². The largest absolute Gasteiger partial charge is 0.299 e. The summed E-state index contributed by atoms with van der Waals surface area (Å²) in [5.74, 6) is 0.371. The van der Waals surface area contributed by atoms with E-state index in [4.69, 9.17) is 0 Å². The normalized spacial score (nSPS) is 15.1. The summed E-state index contributed by atoms with van der Waals surface area (Å²) < 4.78 is 0. The summed E-state index contributed by atoms with van der Waals surface area (Å²) in [6, 6.07) is 17.6. The number of Topliss-reactive ketones (excluding diaryl/α,β-unsaturated/α-hetero) is 1. The van der Waals surface area contributed by atoms with Crippen LogP contribution in [0.2, 0.25) is 0 Å². The first-order valence-electron chi connectivity index (χ1n) is 7.51. The Morgan fingerprint density at radius 3 is 2.38 bits per heavy atom. The maximum Gasteiger partial charge on any atom is 0.137 e. The van der Waals surface area contributed by atoms with Crippen LogP contribution in [0, 0.1) is 0 Å². The maximum atomic E-state index is 11.8. The molecular formula is C20H14O. The minimum Gasteiger partial charge on any atom is -0.299 e. The van der Waals surface area contributed by atoms with Crippen molar-refractivity contribution in [1.82, 2.24) is 0 Å². The predicted molar refractivity (Wildman–Crippen MR) is 87.2 cm³/mol. The molecule has 4 aromatic rings. The topological polar surface area (TPSA) is 17.1 Å². The predicted octanol–water partition coefficient (Wildman–Crippen LogP) is 4.64. The molecule has 0 heterocycles. The lowest BCUT2D eigenvalue weighted by atomic mass is 9.83. The van der Waals surface area contributed by atoms with E-state index in [1.54, 1.807) is 0 Å². The molecule has 0 N–H and O–H groups in total. The molecule has 0 saturated heterocycles. The van der Waals surface area contributed by atoms with Crippen molar-refractivity contribution >= 4 is 38.1 Å². The van der Waals surface area contributed by atoms with E-state index in [0.717, 1.165) is 6.42 Å². The second-order valence-corrected chi connectivity index (χ2v) is 6.09. The fraction of sp³-hybridized carbons (Fsp3) is 0.150. The molecule has 0 radical (unpaired) electrons. The number of fused-ring (bicyclic) bond motifs is 2. The molecule has 0 fully saturated rings. The Bertz CT molecular complexity index is 1010. The number of hydrogen-bond donors (Lipinski definition) is 0. The highest BCUT2D eigenvalue weighted by Crippen LogP contribution is 2.38. The lowest BCUT2D eigenvalue weighted by molar-refractivity contribution is -0.118. The second-order valence-electron chi connectivity index (χ2n) is 6.09. The summed E-state index contributed by atoms with van der Waals surface area (Å²) in [7, 11) is 0. The van der Waals surface area contributed by atoms with E-state index < -0.39 is 0 Å². The van der Waals surface area contributed by atoms with Crippen LogP contribution in [0.4, 0.5) is 0 Å². The van der Waals surface area contributed by atoms with Gasteiger partial charge in [0.1, 0.15) is 5.78 Å². The van der Waals surface area contributed by atoms with Gasteiger partial charge in [-0.3, -0.25) is 4.79 Å². The Morgan fingerprint density at radius 1 is 0.762 bits per heavy atom. The molecule has 1 heteroatoms. The van der Waals surface area contributed by atoms with Crippen LogP contribution in [-0.2, 0) is 17.6 Å². The quantitative estimate of drug-likeness (QED) is 0.425. The fourth-order valence-corrected chi connectivity index (χ4v) is 3.95. The van der Waals surface area contributed by atoms with Crippen LogP contribution in [0.25, 0.3) is 32.3 Å². The number of carbonyl (C=O) groups is 1. The highest BCUT2D eigenvalue weighted by Gasteiger charge is 2.20. The Kier molecular flexibility index (Phi) is 2.05. The van der Waals surface area contributed by atoms with E-state index in [-0.39, 0.29) is 0 Å². The van der Waals surface area contributed by atoms with Gasteiger partial charge in [0.05, 0.1) is 0 Å². The van der Waals surface area contributed by atoms with Crippen molar-refractivity contribution in [2.75, 3.05) is 0 Å². The van der Waals surface area contributed by atoms with Gasteiger partial charge < -0.3 is 0 Å². The van der Waals surface area contributed by atoms with Gasteiger partial charge in [-0.15, -0.1) is 0 Å². The van der Waals surface area contributed by atoms with Crippen LogP contribution in [0.15, 0.2) is 48.5 Å². The molecular weight excluding hydrogens is 256 g/mol. The van der Waals surface area contributed by atoms with Crippen LogP contribution in [0.1, 0.15) is 17.5 Å². The molecule has 0 aromatic heterocycles. The Labute approximate surface area is 122 Å². The number of carbonyl (C=O) groups excluding carboxylic acids is 1. The molecule has 0 unspecified atom stereocenters. The standard InChI is InChI=1S/C20H14O/c21-16-7-9-17-15(11-16)10-14-5-4-12-2-1-3-13-6-8-18(17)20(14)19(12)13/h1-6,8,10H,7,9,11H2. The number of aryl methyl sites for hydroxylation is 1. The highest BCUT2D eigenvalue weighted by molar-refractivity contribution is 6.24. The van der Waals surface area contributed by atoms with E-state index in [9.17, 15) is 4.79 Å². The minimum absolute atomic E-state index is 0.371. The van der Waals surface area contributed by atoms with E-state index in [1.165, 1.54) is 43.4 Å². The van der Waals surface area contributed by atoms with Crippen molar-refractivity contribution in [3.8, 4) is 0 Å². The average molecular weight is 270 g/mol. The monoisotopic (exact) mass is 270 g/mol. The first-order chi connectivity index (χ1) is 10.3. The van der Waals surface area contributed by atoms with E-state index in [0.29, 0.717) is 18.6 Å². The second kappa shape index (κ2) is 3.82. The van der Waals surface area contributed by atoms with Gasteiger partial charge in [0.2, 0.25) is 0 Å². The van der Waals surface area contributed by atoms with Crippen LogP contribution in [-0.4, -0.2) is 5.78 Å². The summed E-state index contributed by atoms with van der Waals surface area (Å²) in [5, 5.41) is 7.96. The SMILES string of the molecule is O=C1CCc2c(cc3ccc4cccc5ccc2c3c45)C1. The Morgan fingerprint density at radius 2 is 1.52 bits per heavy atom. The van der Waals surface area contributed by atoms with Crippen molar-refractivity contribution in [2.24, 2.45) is 0 Å². The zero-order valence-corrected chi connectivity index (χ0v) is 11.6. The molecule has 100 valence electrons. The van der Waals surface area contributed by atoms with Gasteiger partial charge >= 0.3 is 0 Å². The summed E-state index contributed by atoms with van der Waals surface area (Å²) >= 11 is 0. The molecule has 0 amide bonds. The molecule has 0 spiro atoms. The van der Waals surface area contributed by atoms with Gasteiger partial charge in [-0.25, -0.2) is 0 Å². The third-order valence-electron chi connectivity index (χ3n) is 4.89. The summed E-state index contributed by atoms with van der Waals surface area (Å²) in [6.07, 6.45) is 2.19. The maximum absolute atomic E-state index is 11.8. The number of hydrogen-bond acceptors (Lipinski definition) is 1. The van der Waals surface area contributed by atoms with Gasteiger partial charge in [0.15, 0.2) is 0 Å². The van der Waals surface area contributed by atoms with Crippen LogP contribution >= 0.6 is 0 Å². The van der Waals surface area contributed by atoms with Gasteiger partial charge in [-0.2, -0.15) is 0 Å². The lowest BCUT2D eigenvalue weighted by Crippen LogP contribution is -2.13. The molecule has 5 rings (SSSR count). The zero-order chi connectivity index (χ0) is 14.0. The van der Waals surface area contributed by atoms with Gasteiger partial charge in [0, 0.05) is 12.8 Å². The molecule has 0 aliphatic heterocycles. The average Bonchev–Trinajstić information content (AvgIpc) is 2.51. The van der Waals surface area contributed by atoms with Crippen molar-refractivity contribution < 1.29 is 4.79 Å². The molecule has 1 aliphatic rings. The first-order valence-corrected chi connectivity index (χ1v) is 7.51. The lowest BCUT2D eigenvalue weighted by Gasteiger charge is -2.20. The number of benzene rings is 4. The van der Waals surface area contributed by atoms with Crippen LogP contribution in [0.5, 0.6) is 0 Å². The Balaban J connectivity index is 2.05. The van der Waals surface area contributed by atoms with E-state index in [1.807, 2.05) is 0 Å². The van der Waals surface area contributed by atoms with Crippen molar-refractivity contribution in [3.63, 3.8) is 0 Å². The summed E-state index contributed by atoms with van der Waals surface area (Å²) in [5.41, 5.74) is 2.62. The van der Waals surface area contributed by atoms with Gasteiger partial charge in [-0.05, 0) is 49.9 Å². The number of rotatable bonds is 0. The van der Waals surface area contributed by atoms with Crippen LogP contribution < -0.4 is 0 Å². The molecule has 0 saturated carbocycles. The Hall–Kier alpha value is -2.41. The first kappa shape index (κ1) is 11.3. The smallest absolute Gasteiger partial charge is 0.137 e. The molecule has 0 bridgehead atoms. The van der Waals surface area contributed by atoms with Crippen molar-refractivity contribution in [2.45, 2.75) is 19.3 Å². The molecule has 4 aromatic carbocycles. The molecule has 21 heavy (non-hydrogen) atoms.